The number of hydrogen-bond donors (Lipinski definition) is 1. The third-order valence-electron chi connectivity index (χ3n) is 3.82. The molecule has 0 saturated carbocycles. The van der Waals surface area contributed by atoms with Gasteiger partial charge in [-0.15, -0.1) is 0 Å². The molecular formula is C14H16N2O5. The molecule has 0 bridgehead atoms. The largest absolute Gasteiger partial charge is 0.481 e. The van der Waals surface area contributed by atoms with Gasteiger partial charge in [0.15, 0.2) is 0 Å². The summed E-state index contributed by atoms with van der Waals surface area (Å²) in [7, 11) is 0. The minimum Gasteiger partial charge on any atom is -0.481 e. The molecule has 0 aliphatic carbocycles. The van der Waals surface area contributed by atoms with Crippen molar-refractivity contribution in [3.05, 3.63) is 39.9 Å². The van der Waals surface area contributed by atoms with E-state index >= 15 is 0 Å². The van der Waals surface area contributed by atoms with Gasteiger partial charge >= 0.3 is 5.97 Å². The van der Waals surface area contributed by atoms with Crippen molar-refractivity contribution in [2.75, 3.05) is 6.54 Å². The van der Waals surface area contributed by atoms with Gasteiger partial charge in [-0.2, -0.15) is 0 Å². The number of carboxylic acid groups (broad SMARTS) is 1. The van der Waals surface area contributed by atoms with Crippen molar-refractivity contribution < 1.29 is 19.6 Å². The normalized spacial score (nSPS) is 21.9. The lowest BCUT2D eigenvalue weighted by molar-refractivity contribution is -0.384. The molecule has 1 N–H and O–H groups in total. The van der Waals surface area contributed by atoms with Crippen molar-refractivity contribution in [1.82, 2.24) is 4.90 Å². The van der Waals surface area contributed by atoms with Gasteiger partial charge < -0.3 is 10.0 Å². The maximum Gasteiger partial charge on any atom is 0.308 e. The number of nitro groups is 1. The van der Waals surface area contributed by atoms with Gasteiger partial charge in [-0.25, -0.2) is 0 Å². The molecule has 1 heterocycles. The highest BCUT2D eigenvalue weighted by Crippen LogP contribution is 2.24. The second-order valence-electron chi connectivity index (χ2n) is 5.22. The Morgan fingerprint density at radius 3 is 2.43 bits per heavy atom. The molecule has 0 aromatic heterocycles. The van der Waals surface area contributed by atoms with E-state index in [1.54, 1.807) is 0 Å². The molecule has 1 saturated heterocycles. The van der Waals surface area contributed by atoms with Crippen LogP contribution in [0.3, 0.4) is 0 Å². The molecule has 7 nitrogen and oxygen atoms in total. The smallest absolute Gasteiger partial charge is 0.308 e. The minimum absolute atomic E-state index is 0.0386. The van der Waals surface area contributed by atoms with E-state index in [9.17, 15) is 19.7 Å². The number of rotatable bonds is 3. The van der Waals surface area contributed by atoms with Gasteiger partial charge in [-0.05, 0) is 31.9 Å². The maximum atomic E-state index is 12.4. The summed E-state index contributed by atoms with van der Waals surface area (Å²) in [5.41, 5.74) is 0.250. The molecule has 1 fully saturated rings. The Morgan fingerprint density at radius 1 is 1.29 bits per heavy atom. The number of amides is 1. The number of nitro benzene ring substituents is 1. The van der Waals surface area contributed by atoms with Crippen LogP contribution in [0.25, 0.3) is 0 Å². The Kier molecular flexibility index (Phi) is 4.21. The molecule has 2 unspecified atom stereocenters. The quantitative estimate of drug-likeness (QED) is 0.677. The van der Waals surface area contributed by atoms with Gasteiger partial charge in [-0.1, -0.05) is 0 Å². The van der Waals surface area contributed by atoms with Crippen LogP contribution in [0.1, 0.15) is 30.1 Å². The fourth-order valence-electron chi connectivity index (χ4n) is 2.48. The fourth-order valence-corrected chi connectivity index (χ4v) is 2.48. The number of likely N-dealkylation sites (tertiary alicyclic amines) is 1. The van der Waals surface area contributed by atoms with Gasteiger partial charge in [0.25, 0.3) is 11.6 Å². The lowest BCUT2D eigenvalue weighted by Gasteiger charge is -2.36. The van der Waals surface area contributed by atoms with E-state index in [-0.39, 0.29) is 24.2 Å². The summed E-state index contributed by atoms with van der Waals surface area (Å²) in [6.45, 7) is 2.05. The van der Waals surface area contributed by atoms with Crippen LogP contribution >= 0.6 is 0 Å². The molecule has 1 aliphatic rings. The highest BCUT2D eigenvalue weighted by atomic mass is 16.6. The highest BCUT2D eigenvalue weighted by Gasteiger charge is 2.33. The first kappa shape index (κ1) is 15.0. The summed E-state index contributed by atoms with van der Waals surface area (Å²) in [6, 6.07) is 5.31. The molecular weight excluding hydrogens is 276 g/mol. The van der Waals surface area contributed by atoms with E-state index in [1.807, 2.05) is 6.92 Å². The zero-order valence-electron chi connectivity index (χ0n) is 11.6. The summed E-state index contributed by atoms with van der Waals surface area (Å²) in [5.74, 6) is -1.74. The monoisotopic (exact) mass is 292 g/mol. The van der Waals surface area contributed by atoms with Crippen molar-refractivity contribution in [2.45, 2.75) is 25.8 Å². The predicted octanol–water partition coefficient (Wildman–Crippen LogP) is 1.92. The Balaban J connectivity index is 2.17. The van der Waals surface area contributed by atoms with Crippen molar-refractivity contribution in [2.24, 2.45) is 5.92 Å². The summed E-state index contributed by atoms with van der Waals surface area (Å²) in [4.78, 5) is 35.1. The van der Waals surface area contributed by atoms with Gasteiger partial charge in [0, 0.05) is 30.3 Å². The Labute approximate surface area is 121 Å². The zero-order chi connectivity index (χ0) is 15.6. The van der Waals surface area contributed by atoms with Crippen molar-refractivity contribution in [3.63, 3.8) is 0 Å². The molecule has 0 spiro atoms. The summed E-state index contributed by atoms with van der Waals surface area (Å²) in [5, 5.41) is 19.7. The zero-order valence-corrected chi connectivity index (χ0v) is 11.6. The van der Waals surface area contributed by atoms with E-state index in [2.05, 4.69) is 0 Å². The Bertz CT molecular complexity index is 569. The number of hydrogen-bond acceptors (Lipinski definition) is 4. The van der Waals surface area contributed by atoms with Crippen LogP contribution in [-0.4, -0.2) is 39.4 Å². The van der Waals surface area contributed by atoms with E-state index in [4.69, 9.17) is 5.11 Å². The van der Waals surface area contributed by atoms with E-state index in [1.165, 1.54) is 29.2 Å². The summed E-state index contributed by atoms with van der Waals surface area (Å²) < 4.78 is 0. The first-order valence-corrected chi connectivity index (χ1v) is 6.68. The number of carbonyl (C=O) groups is 2. The number of nitrogens with zero attached hydrogens (tertiary/aromatic N) is 2. The van der Waals surface area contributed by atoms with Crippen LogP contribution in [0, 0.1) is 16.0 Å². The molecule has 7 heteroatoms. The summed E-state index contributed by atoms with van der Waals surface area (Å²) >= 11 is 0. The number of carboxylic acids is 1. The molecule has 2 atom stereocenters. The third-order valence-corrected chi connectivity index (χ3v) is 3.82. The SMILES string of the molecule is CC1CCC(C(=O)O)CN1C(=O)c1ccc([N+](=O)[O-])cc1. The number of non-ortho nitro benzene ring substituents is 1. The van der Waals surface area contributed by atoms with Crippen LogP contribution in [0.5, 0.6) is 0 Å². The van der Waals surface area contributed by atoms with Crippen LogP contribution in [0.2, 0.25) is 0 Å². The van der Waals surface area contributed by atoms with Crippen molar-refractivity contribution in [1.29, 1.82) is 0 Å². The first-order chi connectivity index (χ1) is 9.90. The average molecular weight is 292 g/mol. The lowest BCUT2D eigenvalue weighted by Crippen LogP contribution is -2.47. The van der Waals surface area contributed by atoms with Crippen LogP contribution in [-0.2, 0) is 4.79 Å². The average Bonchev–Trinajstić information content (AvgIpc) is 2.47. The van der Waals surface area contributed by atoms with E-state index in [0.29, 0.717) is 18.4 Å². The first-order valence-electron chi connectivity index (χ1n) is 6.68. The van der Waals surface area contributed by atoms with E-state index < -0.39 is 16.8 Å². The molecule has 1 aliphatic heterocycles. The van der Waals surface area contributed by atoms with Crippen LogP contribution < -0.4 is 0 Å². The van der Waals surface area contributed by atoms with Gasteiger partial charge in [0.2, 0.25) is 0 Å². The van der Waals surface area contributed by atoms with Gasteiger partial charge in [0.1, 0.15) is 0 Å². The summed E-state index contributed by atoms with van der Waals surface area (Å²) in [6.07, 6.45) is 1.19. The molecule has 0 radical (unpaired) electrons. The van der Waals surface area contributed by atoms with Crippen LogP contribution in [0.15, 0.2) is 24.3 Å². The van der Waals surface area contributed by atoms with Gasteiger partial charge in [0.05, 0.1) is 10.8 Å². The second-order valence-corrected chi connectivity index (χ2v) is 5.22. The topological polar surface area (TPSA) is 101 Å². The second kappa shape index (κ2) is 5.90. The molecule has 112 valence electrons. The number of carbonyl (C=O) groups excluding carboxylic acids is 1. The predicted molar refractivity (Wildman–Crippen MR) is 74.0 cm³/mol. The third kappa shape index (κ3) is 3.18. The fraction of sp³-hybridized carbons (Fsp3) is 0.429. The number of aliphatic carboxylic acids is 1. The highest BCUT2D eigenvalue weighted by molar-refractivity contribution is 5.95. The maximum absolute atomic E-state index is 12.4. The van der Waals surface area contributed by atoms with E-state index in [0.717, 1.165) is 0 Å². The molecule has 21 heavy (non-hydrogen) atoms. The molecule has 1 aromatic rings. The number of benzene rings is 1. The lowest BCUT2D eigenvalue weighted by atomic mass is 9.93. The van der Waals surface area contributed by atoms with Crippen molar-refractivity contribution >= 4 is 17.6 Å². The standard InChI is InChI=1S/C14H16N2O5/c1-9-2-3-11(14(18)19)8-15(9)13(17)10-4-6-12(7-5-10)16(20)21/h4-7,9,11H,2-3,8H2,1H3,(H,18,19). The Morgan fingerprint density at radius 2 is 1.90 bits per heavy atom. The molecule has 2 rings (SSSR count). The molecule has 1 aromatic carbocycles. The minimum atomic E-state index is -0.900. The number of piperidine rings is 1. The van der Waals surface area contributed by atoms with Crippen molar-refractivity contribution in [3.8, 4) is 0 Å². The van der Waals surface area contributed by atoms with Crippen LogP contribution in [0.4, 0.5) is 5.69 Å². The Hall–Kier alpha value is -2.44. The molecule has 1 amide bonds. The van der Waals surface area contributed by atoms with Gasteiger partial charge in [-0.3, -0.25) is 19.7 Å².